The topological polar surface area (TPSA) is 73.9 Å². The Morgan fingerprint density at radius 2 is 2.35 bits per heavy atom. The first kappa shape index (κ1) is 12.2. The molecular formula is C12H17NO4. The van der Waals surface area contributed by atoms with Crippen molar-refractivity contribution in [3.8, 4) is 11.5 Å². The van der Waals surface area contributed by atoms with Crippen LogP contribution in [0.4, 0.5) is 0 Å². The largest absolute Gasteiger partial charge is 0.496 e. The van der Waals surface area contributed by atoms with E-state index in [9.17, 15) is 0 Å². The Labute approximate surface area is 100 Å². The molecule has 94 valence electrons. The molecular weight excluding hydrogens is 222 g/mol. The van der Waals surface area contributed by atoms with Crippen molar-refractivity contribution in [1.29, 1.82) is 0 Å². The maximum Gasteiger partial charge on any atom is 0.189 e. The highest BCUT2D eigenvalue weighted by Gasteiger charge is 2.22. The second kappa shape index (κ2) is 5.35. The molecule has 1 aromatic rings. The van der Waals surface area contributed by atoms with Crippen molar-refractivity contribution in [2.75, 3.05) is 20.5 Å². The number of methoxy groups -OCH3 is 1. The van der Waals surface area contributed by atoms with Gasteiger partial charge in [-0.3, -0.25) is 0 Å². The van der Waals surface area contributed by atoms with Gasteiger partial charge in [-0.15, -0.1) is 0 Å². The van der Waals surface area contributed by atoms with Crippen molar-refractivity contribution in [2.45, 2.75) is 19.1 Å². The number of rotatable bonds is 4. The van der Waals surface area contributed by atoms with Gasteiger partial charge in [0.05, 0.1) is 13.7 Å². The van der Waals surface area contributed by atoms with Gasteiger partial charge in [0.15, 0.2) is 6.79 Å². The van der Waals surface area contributed by atoms with Crippen LogP contribution in [-0.2, 0) is 11.3 Å². The van der Waals surface area contributed by atoms with Crippen LogP contribution >= 0.6 is 0 Å². The van der Waals surface area contributed by atoms with Crippen LogP contribution in [-0.4, -0.2) is 25.6 Å². The quantitative estimate of drug-likeness (QED) is 0.818. The van der Waals surface area contributed by atoms with Crippen molar-refractivity contribution >= 4 is 0 Å². The summed E-state index contributed by atoms with van der Waals surface area (Å²) < 4.78 is 16.0. The molecule has 0 fully saturated rings. The highest BCUT2D eigenvalue weighted by molar-refractivity contribution is 5.50. The summed E-state index contributed by atoms with van der Waals surface area (Å²) in [5, 5.41) is 8.98. The molecule has 0 saturated carbocycles. The maximum atomic E-state index is 8.98. The Morgan fingerprint density at radius 1 is 1.53 bits per heavy atom. The van der Waals surface area contributed by atoms with E-state index in [1.54, 1.807) is 7.11 Å². The highest BCUT2D eigenvalue weighted by Crippen LogP contribution is 2.37. The summed E-state index contributed by atoms with van der Waals surface area (Å²) in [5.41, 5.74) is 7.83. The van der Waals surface area contributed by atoms with Gasteiger partial charge in [-0.25, -0.2) is 0 Å². The summed E-state index contributed by atoms with van der Waals surface area (Å²) in [6.45, 7) is 0.755. The molecule has 1 aliphatic rings. The predicted molar refractivity (Wildman–Crippen MR) is 61.9 cm³/mol. The van der Waals surface area contributed by atoms with E-state index in [0.29, 0.717) is 18.8 Å². The van der Waals surface area contributed by atoms with Crippen molar-refractivity contribution in [3.05, 3.63) is 23.3 Å². The molecule has 1 heterocycles. The fourth-order valence-electron chi connectivity index (χ4n) is 2.02. The zero-order valence-electron chi connectivity index (χ0n) is 9.81. The molecule has 5 heteroatoms. The summed E-state index contributed by atoms with van der Waals surface area (Å²) >= 11 is 0. The van der Waals surface area contributed by atoms with Gasteiger partial charge >= 0.3 is 0 Å². The third-order valence-electron chi connectivity index (χ3n) is 2.85. The normalized spacial score (nSPS) is 15.9. The number of benzene rings is 1. The minimum absolute atomic E-state index is 0.0374. The monoisotopic (exact) mass is 239 g/mol. The Balaban J connectivity index is 2.44. The van der Waals surface area contributed by atoms with E-state index < -0.39 is 0 Å². The van der Waals surface area contributed by atoms with Crippen LogP contribution in [0.5, 0.6) is 11.5 Å². The van der Waals surface area contributed by atoms with Crippen LogP contribution in [0.2, 0.25) is 0 Å². The summed E-state index contributed by atoms with van der Waals surface area (Å²) in [4.78, 5) is 0. The average Bonchev–Trinajstić information content (AvgIpc) is 2.37. The van der Waals surface area contributed by atoms with Crippen LogP contribution < -0.4 is 15.2 Å². The maximum absolute atomic E-state index is 8.98. The molecule has 0 spiro atoms. The molecule has 0 aromatic heterocycles. The highest BCUT2D eigenvalue weighted by atomic mass is 16.7. The lowest BCUT2D eigenvalue weighted by Crippen LogP contribution is -2.20. The lowest BCUT2D eigenvalue weighted by Gasteiger charge is -2.25. The Bertz CT molecular complexity index is 394. The Hall–Kier alpha value is -1.30. The van der Waals surface area contributed by atoms with Gasteiger partial charge in [-0.2, -0.15) is 0 Å². The number of ether oxygens (including phenoxy) is 3. The second-order valence-corrected chi connectivity index (χ2v) is 3.89. The number of aliphatic hydroxyl groups is 1. The number of nitrogens with two attached hydrogens (primary N) is 1. The fraction of sp³-hybridized carbons (Fsp3) is 0.500. The smallest absolute Gasteiger partial charge is 0.189 e. The van der Waals surface area contributed by atoms with E-state index in [0.717, 1.165) is 16.9 Å². The molecule has 0 saturated heterocycles. The van der Waals surface area contributed by atoms with E-state index in [1.807, 2.05) is 12.1 Å². The third-order valence-corrected chi connectivity index (χ3v) is 2.85. The summed E-state index contributed by atoms with van der Waals surface area (Å²) in [6.07, 6.45) is 0.479. The van der Waals surface area contributed by atoms with Crippen LogP contribution in [0.3, 0.4) is 0 Å². The zero-order valence-corrected chi connectivity index (χ0v) is 9.81. The van der Waals surface area contributed by atoms with Crippen molar-refractivity contribution in [3.63, 3.8) is 0 Å². The molecule has 5 nitrogen and oxygen atoms in total. The van der Waals surface area contributed by atoms with Gasteiger partial charge < -0.3 is 25.1 Å². The fourth-order valence-corrected chi connectivity index (χ4v) is 2.02. The lowest BCUT2D eigenvalue weighted by molar-refractivity contribution is -0.0172. The van der Waals surface area contributed by atoms with Gasteiger partial charge in [-0.1, -0.05) is 0 Å². The van der Waals surface area contributed by atoms with E-state index in [1.165, 1.54) is 0 Å². The number of hydrogen-bond donors (Lipinski definition) is 2. The van der Waals surface area contributed by atoms with Crippen molar-refractivity contribution < 1.29 is 19.3 Å². The van der Waals surface area contributed by atoms with Gasteiger partial charge in [0.25, 0.3) is 0 Å². The van der Waals surface area contributed by atoms with Gasteiger partial charge in [0.2, 0.25) is 0 Å². The minimum Gasteiger partial charge on any atom is -0.496 e. The van der Waals surface area contributed by atoms with Crippen LogP contribution in [0, 0.1) is 0 Å². The van der Waals surface area contributed by atoms with Crippen LogP contribution in [0.15, 0.2) is 12.1 Å². The van der Waals surface area contributed by atoms with E-state index in [4.69, 9.17) is 25.1 Å². The van der Waals surface area contributed by atoms with E-state index in [2.05, 4.69) is 0 Å². The Kier molecular flexibility index (Phi) is 3.83. The first-order valence-electron chi connectivity index (χ1n) is 5.54. The van der Waals surface area contributed by atoms with Gasteiger partial charge in [0.1, 0.15) is 11.5 Å². The van der Waals surface area contributed by atoms with Gasteiger partial charge in [-0.05, 0) is 18.6 Å². The molecule has 0 radical (unpaired) electrons. The summed E-state index contributed by atoms with van der Waals surface area (Å²) in [6, 6.07) is 3.40. The number of aliphatic hydroxyl groups excluding tert-OH is 1. The second-order valence-electron chi connectivity index (χ2n) is 3.89. The average molecular weight is 239 g/mol. The number of hydrogen-bond acceptors (Lipinski definition) is 5. The first-order valence-corrected chi connectivity index (χ1v) is 5.54. The SMILES string of the molecule is COc1ccc2c(c1C(N)CCO)COCO2. The van der Waals surface area contributed by atoms with Crippen LogP contribution in [0.1, 0.15) is 23.6 Å². The Morgan fingerprint density at radius 3 is 3.06 bits per heavy atom. The summed E-state index contributed by atoms with van der Waals surface area (Å²) in [5.74, 6) is 1.49. The molecule has 1 atom stereocenters. The zero-order chi connectivity index (χ0) is 12.3. The first-order chi connectivity index (χ1) is 8.27. The van der Waals surface area contributed by atoms with Crippen molar-refractivity contribution in [2.24, 2.45) is 5.73 Å². The predicted octanol–water partition coefficient (Wildman–Crippen LogP) is 0.944. The molecule has 0 amide bonds. The lowest BCUT2D eigenvalue weighted by atomic mass is 9.97. The van der Waals surface area contributed by atoms with Gasteiger partial charge in [0, 0.05) is 23.8 Å². The summed E-state index contributed by atoms with van der Waals surface area (Å²) in [7, 11) is 1.60. The molecule has 1 aliphatic heterocycles. The molecule has 0 aliphatic carbocycles. The molecule has 1 unspecified atom stereocenters. The molecule has 2 rings (SSSR count). The van der Waals surface area contributed by atoms with E-state index >= 15 is 0 Å². The standard InChI is InChI=1S/C12H17NO4/c1-15-11-3-2-10-8(6-16-7-17-10)12(11)9(13)4-5-14/h2-3,9,14H,4-7,13H2,1H3. The van der Waals surface area contributed by atoms with Crippen LogP contribution in [0.25, 0.3) is 0 Å². The molecule has 1 aromatic carbocycles. The molecule has 17 heavy (non-hydrogen) atoms. The van der Waals surface area contributed by atoms with E-state index in [-0.39, 0.29) is 19.4 Å². The number of fused-ring (bicyclic) bond motifs is 1. The van der Waals surface area contributed by atoms with Crippen molar-refractivity contribution in [1.82, 2.24) is 0 Å². The third kappa shape index (κ3) is 2.36. The minimum atomic E-state index is -0.282. The molecule has 0 bridgehead atoms. The molecule has 3 N–H and O–H groups in total.